The van der Waals surface area contributed by atoms with Gasteiger partial charge in [-0.3, -0.25) is 0 Å². The average Bonchev–Trinajstić information content (AvgIpc) is 1.64. The fourth-order valence-electron chi connectivity index (χ4n) is 14.2. The van der Waals surface area contributed by atoms with Gasteiger partial charge in [0.1, 0.15) is 12.1 Å². The normalized spacial score (nSPS) is 11.8. The molecule has 0 spiro atoms. The van der Waals surface area contributed by atoms with Crippen LogP contribution in [0.4, 0.5) is 5.69 Å². The van der Waals surface area contributed by atoms with Crippen molar-refractivity contribution in [1.29, 1.82) is 10.5 Å². The van der Waals surface area contributed by atoms with Crippen LogP contribution in [0.15, 0.2) is 109 Å². The van der Waals surface area contributed by atoms with Crippen LogP contribution in [0.25, 0.3) is 87.3 Å². The Morgan fingerprint density at radius 3 is 0.690 bits per heavy atom. The highest BCUT2D eigenvalue weighted by Gasteiger charge is 2.33. The lowest BCUT2D eigenvalue weighted by Crippen LogP contribution is -2.12. The van der Waals surface area contributed by atoms with Crippen LogP contribution < -0.4 is 0 Å². The van der Waals surface area contributed by atoms with E-state index in [0.717, 1.165) is 142 Å². The highest BCUT2D eigenvalue weighted by atomic mass is 15.1. The predicted octanol–water partition coefficient (Wildman–Crippen LogP) is 24.0. The maximum atomic E-state index is 12.4. The van der Waals surface area contributed by atoms with Crippen molar-refractivity contribution in [2.75, 3.05) is 0 Å². The summed E-state index contributed by atoms with van der Waals surface area (Å²) in [6.07, 6.45) is 34.4. The molecule has 3 heterocycles. The zero-order chi connectivity index (χ0) is 60.7. The fraction of sp³-hybridized carbons (Fsp3) is 0.444. The van der Waals surface area contributed by atoms with Crippen molar-refractivity contribution in [2.45, 2.75) is 234 Å². The minimum Gasteiger partial charge on any atom is -0.318 e. The second-order valence-corrected chi connectivity index (χ2v) is 25.5. The van der Waals surface area contributed by atoms with Gasteiger partial charge < -0.3 is 13.7 Å². The van der Waals surface area contributed by atoms with Gasteiger partial charge in [-0.15, -0.1) is 0 Å². The summed E-state index contributed by atoms with van der Waals surface area (Å²) in [6, 6.07) is 47.3. The second kappa shape index (κ2) is 30.4. The average molecular weight is 1150 g/mol. The van der Waals surface area contributed by atoms with Crippen LogP contribution in [-0.4, -0.2) is 13.7 Å². The van der Waals surface area contributed by atoms with E-state index in [4.69, 9.17) is 0 Å². The third-order valence-electron chi connectivity index (χ3n) is 19.0. The quantitative estimate of drug-likeness (QED) is 0.0304. The molecule has 0 saturated carbocycles. The molecule has 0 aliphatic carbocycles. The lowest BCUT2D eigenvalue weighted by atomic mass is 9.99. The molecule has 0 N–H and O–H groups in total. The smallest absolute Gasteiger partial charge is 0.236 e. The van der Waals surface area contributed by atoms with Crippen LogP contribution in [0.5, 0.6) is 0 Å². The Morgan fingerprint density at radius 1 is 0.299 bits per heavy atom. The number of nitriles is 2. The molecule has 0 unspecified atom stereocenters. The van der Waals surface area contributed by atoms with Crippen molar-refractivity contribution < 1.29 is 0 Å². The van der Waals surface area contributed by atoms with Gasteiger partial charge in [-0.05, 0) is 183 Å². The Kier molecular flexibility index (Phi) is 21.8. The number of aromatic nitrogens is 3. The van der Waals surface area contributed by atoms with Gasteiger partial charge in [0.25, 0.3) is 0 Å². The number of aryl methyl sites for hydroxylation is 6. The molecule has 0 saturated heterocycles. The molecule has 0 aliphatic rings. The summed E-state index contributed by atoms with van der Waals surface area (Å²) in [7, 11) is 0. The highest BCUT2D eigenvalue weighted by Crippen LogP contribution is 2.49. The zero-order valence-electron chi connectivity index (χ0n) is 53.8. The van der Waals surface area contributed by atoms with E-state index in [-0.39, 0.29) is 0 Å². The Hall–Kier alpha value is -7.59. The molecule has 0 amide bonds. The van der Waals surface area contributed by atoms with Gasteiger partial charge in [0.05, 0.1) is 67.9 Å². The lowest BCUT2D eigenvalue weighted by molar-refractivity contribution is 0.667. The summed E-state index contributed by atoms with van der Waals surface area (Å²) >= 11 is 0. The van der Waals surface area contributed by atoms with Crippen molar-refractivity contribution in [3.8, 4) is 29.2 Å². The highest BCUT2D eigenvalue weighted by molar-refractivity contribution is 6.15. The third-order valence-corrected chi connectivity index (χ3v) is 19.0. The Balaban J connectivity index is 1.34. The standard InChI is InChI=1S/C81H96N6/c1-8-14-20-26-32-58-38-44-72-64(50-58)65-51-59(33-27-21-15-9-2)39-45-73(65)85(72)79-70(56-82)80(86-74-46-40-60(34-28-22-16-10-3)52-66(74)67-53-61(41-47-75(67)86)35-29-23-17-11-4)78(84-7)81(71(79)57-83)87-76-48-42-62(36-30-24-18-12-5)54-68(76)69-55-63(43-49-77(69)87)37-31-25-19-13-6/h38-55H,8-37H2,1-6H3. The predicted molar refractivity (Wildman–Crippen MR) is 372 cm³/mol. The maximum absolute atomic E-state index is 12.4. The first-order valence-electron chi connectivity index (χ1n) is 34.4. The van der Waals surface area contributed by atoms with Crippen molar-refractivity contribution in [2.24, 2.45) is 0 Å². The van der Waals surface area contributed by atoms with E-state index in [2.05, 4.69) is 181 Å². The first-order valence-corrected chi connectivity index (χ1v) is 34.4. The molecule has 0 aliphatic heterocycles. The summed E-state index contributed by atoms with van der Waals surface area (Å²) in [5.74, 6) is 0. The van der Waals surface area contributed by atoms with Gasteiger partial charge in [-0.2, -0.15) is 10.5 Å². The largest absolute Gasteiger partial charge is 0.318 e. The minimum atomic E-state index is 0.300. The molecular formula is C81H96N6. The van der Waals surface area contributed by atoms with Gasteiger partial charge >= 0.3 is 0 Å². The molecule has 10 rings (SSSR count). The summed E-state index contributed by atoms with van der Waals surface area (Å²) in [6.45, 7) is 23.3. The van der Waals surface area contributed by atoms with Gasteiger partial charge in [0.15, 0.2) is 0 Å². The van der Waals surface area contributed by atoms with E-state index < -0.39 is 0 Å². The van der Waals surface area contributed by atoms with Gasteiger partial charge in [-0.25, -0.2) is 4.85 Å². The number of nitrogens with zero attached hydrogens (tertiary/aromatic N) is 6. The Morgan fingerprint density at radius 2 is 0.506 bits per heavy atom. The molecule has 0 atom stereocenters. The van der Waals surface area contributed by atoms with Crippen molar-refractivity contribution >= 4 is 71.1 Å². The summed E-state index contributed by atoms with van der Waals surface area (Å²) in [4.78, 5) is 4.68. The Bertz CT molecular complexity index is 3480. The molecule has 0 fully saturated rings. The number of benzene rings is 7. The maximum Gasteiger partial charge on any atom is 0.236 e. The van der Waals surface area contributed by atoms with Gasteiger partial charge in [0, 0.05) is 32.3 Å². The molecule has 6 nitrogen and oxygen atoms in total. The van der Waals surface area contributed by atoms with Crippen LogP contribution in [0, 0.1) is 29.2 Å². The van der Waals surface area contributed by atoms with Crippen LogP contribution in [0.3, 0.4) is 0 Å². The number of unbranched alkanes of at least 4 members (excludes halogenated alkanes) is 18. The molecule has 3 aromatic heterocycles. The van der Waals surface area contributed by atoms with Crippen LogP contribution in [-0.2, 0) is 38.5 Å². The van der Waals surface area contributed by atoms with Crippen molar-refractivity contribution in [3.05, 3.63) is 165 Å². The van der Waals surface area contributed by atoms with Crippen LogP contribution >= 0.6 is 0 Å². The first-order chi connectivity index (χ1) is 42.8. The molecule has 7 aromatic carbocycles. The van der Waals surface area contributed by atoms with Crippen molar-refractivity contribution in [1.82, 2.24) is 13.7 Å². The molecule has 0 radical (unpaired) electrons. The topological polar surface area (TPSA) is 66.7 Å². The van der Waals surface area contributed by atoms with Gasteiger partial charge in [0.2, 0.25) is 5.69 Å². The van der Waals surface area contributed by atoms with E-state index in [1.54, 1.807) is 0 Å². The molecule has 6 heteroatoms. The van der Waals surface area contributed by atoms with E-state index in [1.165, 1.54) is 149 Å². The van der Waals surface area contributed by atoms with E-state index in [1.807, 2.05) is 0 Å². The molecule has 87 heavy (non-hydrogen) atoms. The summed E-state index contributed by atoms with van der Waals surface area (Å²) in [5, 5.41) is 31.6. The zero-order valence-corrected chi connectivity index (χ0v) is 53.8. The number of hydrogen-bond acceptors (Lipinski definition) is 2. The van der Waals surface area contributed by atoms with Crippen LogP contribution in [0.2, 0.25) is 0 Å². The van der Waals surface area contributed by atoms with Crippen molar-refractivity contribution in [3.63, 3.8) is 0 Å². The minimum absolute atomic E-state index is 0.300. The second-order valence-electron chi connectivity index (χ2n) is 25.5. The Labute approximate surface area is 521 Å². The number of rotatable bonds is 33. The van der Waals surface area contributed by atoms with E-state index >= 15 is 0 Å². The number of fused-ring (bicyclic) bond motifs is 9. The third kappa shape index (κ3) is 13.5. The van der Waals surface area contributed by atoms with Gasteiger partial charge in [-0.1, -0.05) is 194 Å². The van der Waals surface area contributed by atoms with E-state index in [9.17, 15) is 17.1 Å². The molecule has 10 aromatic rings. The fourth-order valence-corrected chi connectivity index (χ4v) is 14.2. The van der Waals surface area contributed by atoms with E-state index in [0.29, 0.717) is 33.9 Å². The number of hydrogen-bond donors (Lipinski definition) is 0. The SMILES string of the molecule is [C-]#[N+]c1c(-n2c3ccc(CCCCCC)cc3c3cc(CCCCCC)ccc32)c(C#N)c(-n2c3ccc(CCCCCC)cc3c3cc(CCCCCC)ccc32)c(C#N)c1-n1c2ccc(CCCCCC)cc2c2cc(CCCCCC)ccc21. The monoisotopic (exact) mass is 1150 g/mol. The molecule has 0 bridgehead atoms. The summed E-state index contributed by atoms with van der Waals surface area (Å²) < 4.78 is 6.75. The first kappa shape index (κ1) is 62.5. The lowest BCUT2D eigenvalue weighted by Gasteiger charge is -2.23. The van der Waals surface area contributed by atoms with Crippen LogP contribution in [0.1, 0.15) is 240 Å². The summed E-state index contributed by atoms with van der Waals surface area (Å²) in [5.41, 5.74) is 16.1. The molecule has 450 valence electrons. The molecular weight excluding hydrogens is 1060 g/mol.